The van der Waals surface area contributed by atoms with Gasteiger partial charge in [-0.3, -0.25) is 4.57 Å². The molecule has 0 aliphatic heterocycles. The molecule has 0 radical (unpaired) electrons. The third-order valence-corrected chi connectivity index (χ3v) is 5.52. The highest BCUT2D eigenvalue weighted by Crippen LogP contribution is 2.37. The van der Waals surface area contributed by atoms with Crippen LogP contribution >= 0.6 is 8.69 Å². The molecule has 2 atom stereocenters. The van der Waals surface area contributed by atoms with E-state index in [2.05, 4.69) is 0 Å². The van der Waals surface area contributed by atoms with Gasteiger partial charge in [-0.1, -0.05) is 12.1 Å². The second-order valence-electron chi connectivity index (χ2n) is 8.02. The third kappa shape index (κ3) is 8.79. The Morgan fingerprint density at radius 2 is 1.51 bits per heavy atom. The lowest BCUT2D eigenvalue weighted by atomic mass is 9.93. The van der Waals surface area contributed by atoms with Crippen molar-refractivity contribution in [1.82, 2.24) is 0 Å². The van der Waals surface area contributed by atoms with Crippen LogP contribution in [0.4, 0.5) is 30.7 Å². The average molecular weight is 531 g/mol. The van der Waals surface area contributed by atoms with Gasteiger partial charge in [0.15, 0.2) is 8.69 Å². The number of aliphatic hydroxyl groups excluding tert-OH is 1. The summed E-state index contributed by atoms with van der Waals surface area (Å²) < 4.78 is 113. The minimum atomic E-state index is -4.86. The summed E-state index contributed by atoms with van der Waals surface area (Å²) >= 11 is 0. The van der Waals surface area contributed by atoms with Crippen LogP contribution in [-0.2, 0) is 34.3 Å². The summed E-state index contributed by atoms with van der Waals surface area (Å²) in [6.07, 6.45) is -9.33. The molecular weight excluding hydrogens is 506 g/mol. The fraction of sp³-hybridized carbons (Fsp3) is 0.455. The zero-order chi connectivity index (χ0) is 26.3. The van der Waals surface area contributed by atoms with E-state index in [0.29, 0.717) is 12.1 Å². The van der Waals surface area contributed by atoms with Gasteiger partial charge < -0.3 is 20.1 Å². The van der Waals surface area contributed by atoms with Gasteiger partial charge in [0.2, 0.25) is 0 Å². The van der Waals surface area contributed by atoms with Crippen molar-refractivity contribution in [2.45, 2.75) is 43.6 Å². The van der Waals surface area contributed by atoms with Crippen LogP contribution < -0.4 is 10.5 Å². The molecule has 2 aromatic carbocycles. The summed E-state index contributed by atoms with van der Waals surface area (Å²) in [6, 6.07) is 5.96. The van der Waals surface area contributed by atoms with Crippen LogP contribution in [-0.4, -0.2) is 30.5 Å². The van der Waals surface area contributed by atoms with Crippen LogP contribution in [0.2, 0.25) is 0 Å². The molecule has 0 aliphatic carbocycles. The molecule has 0 spiro atoms. The normalized spacial score (nSPS) is 14.4. The lowest BCUT2D eigenvalue weighted by Gasteiger charge is -2.26. The van der Waals surface area contributed by atoms with E-state index in [1.54, 1.807) is 0 Å². The Bertz CT molecular complexity index is 1000. The number of benzene rings is 2. The van der Waals surface area contributed by atoms with Gasteiger partial charge in [0, 0.05) is 0 Å². The number of hydrogen-bond donors (Lipinski definition) is 2. The highest BCUT2D eigenvalue weighted by atomic mass is 31.1. The topological polar surface area (TPSA) is 81.8 Å². The SMILES string of the molecule is NC(CO)(CCc1ccc(OCCCc2ccc(F)c(C(F)(F)F)c2)c(C(F)(F)F)c1)CO[PH2]=O. The van der Waals surface area contributed by atoms with Crippen LogP contribution in [0.5, 0.6) is 5.75 Å². The molecule has 0 aliphatic rings. The average Bonchev–Trinajstić information content (AvgIpc) is 2.79. The molecule has 2 unspecified atom stereocenters. The fourth-order valence-corrected chi connectivity index (χ4v) is 3.67. The highest BCUT2D eigenvalue weighted by molar-refractivity contribution is 7.17. The predicted molar refractivity (Wildman–Crippen MR) is 115 cm³/mol. The molecule has 2 rings (SSSR count). The Morgan fingerprint density at radius 1 is 0.914 bits per heavy atom. The molecule has 3 N–H and O–H groups in total. The standard InChI is InChI=1S/C22H25F7NO4P/c23-18-5-3-14(10-16(18)21(24,25)26)2-1-9-33-19-6-4-15(11-17(19)22(27,28)29)7-8-20(30,12-31)13-34-35-32/h3-6,10-11,31H,1-2,7-9,12-13,30,35H2. The second kappa shape index (κ2) is 12.2. The monoisotopic (exact) mass is 531 g/mol. The van der Waals surface area contributed by atoms with Crippen molar-refractivity contribution < 1.29 is 49.7 Å². The first-order valence-electron chi connectivity index (χ1n) is 10.4. The minimum absolute atomic E-state index is 0.0374. The lowest BCUT2D eigenvalue weighted by molar-refractivity contribution is -0.140. The zero-order valence-corrected chi connectivity index (χ0v) is 19.5. The molecule has 0 aromatic heterocycles. The predicted octanol–water partition coefficient (Wildman–Crippen LogP) is 5.19. The number of halogens is 7. The first-order valence-corrected chi connectivity index (χ1v) is 11.4. The van der Waals surface area contributed by atoms with E-state index in [-0.39, 0.29) is 50.0 Å². The largest absolute Gasteiger partial charge is 0.493 e. The quantitative estimate of drug-likeness (QED) is 0.224. The Hall–Kier alpha value is -2.14. The molecule has 0 amide bonds. The van der Waals surface area contributed by atoms with Gasteiger partial charge in [0.25, 0.3) is 0 Å². The smallest absolute Gasteiger partial charge is 0.419 e. The molecular formula is C22H25F7NO4P. The Labute approximate surface area is 198 Å². The number of ether oxygens (including phenoxy) is 1. The van der Waals surface area contributed by atoms with E-state index in [1.165, 1.54) is 12.1 Å². The van der Waals surface area contributed by atoms with Gasteiger partial charge in [0.05, 0.1) is 36.5 Å². The van der Waals surface area contributed by atoms with Crippen LogP contribution in [0.3, 0.4) is 0 Å². The van der Waals surface area contributed by atoms with Crippen molar-refractivity contribution in [2.75, 3.05) is 19.8 Å². The number of hydrogen-bond acceptors (Lipinski definition) is 5. The molecule has 0 saturated carbocycles. The molecule has 2 aromatic rings. The summed E-state index contributed by atoms with van der Waals surface area (Å²) in [5.41, 5.74) is 2.65. The number of nitrogens with two attached hydrogens (primary N) is 1. The first kappa shape index (κ1) is 29.1. The van der Waals surface area contributed by atoms with Gasteiger partial charge in [-0.05, 0) is 61.1 Å². The van der Waals surface area contributed by atoms with E-state index < -0.39 is 55.9 Å². The van der Waals surface area contributed by atoms with Gasteiger partial charge in [0.1, 0.15) is 11.6 Å². The number of aliphatic hydroxyl groups is 1. The van der Waals surface area contributed by atoms with Crippen molar-refractivity contribution in [2.24, 2.45) is 5.73 Å². The lowest BCUT2D eigenvalue weighted by Crippen LogP contribution is -2.47. The summed E-state index contributed by atoms with van der Waals surface area (Å²) in [7, 11) is -1.54. The number of alkyl halides is 6. The van der Waals surface area contributed by atoms with Crippen molar-refractivity contribution in [3.8, 4) is 5.75 Å². The van der Waals surface area contributed by atoms with E-state index in [0.717, 1.165) is 12.1 Å². The number of aryl methyl sites for hydroxylation is 2. The fourth-order valence-electron chi connectivity index (χ4n) is 3.27. The molecule has 35 heavy (non-hydrogen) atoms. The van der Waals surface area contributed by atoms with Gasteiger partial charge in [-0.15, -0.1) is 0 Å². The molecule has 196 valence electrons. The van der Waals surface area contributed by atoms with E-state index >= 15 is 0 Å². The van der Waals surface area contributed by atoms with Crippen LogP contribution in [0.1, 0.15) is 35.1 Å². The van der Waals surface area contributed by atoms with E-state index in [1.807, 2.05) is 0 Å². The summed E-state index contributed by atoms with van der Waals surface area (Å²) in [5.74, 6) is -1.85. The summed E-state index contributed by atoms with van der Waals surface area (Å²) in [4.78, 5) is 0. The zero-order valence-electron chi connectivity index (χ0n) is 18.4. The van der Waals surface area contributed by atoms with E-state index in [4.69, 9.17) is 15.0 Å². The summed E-state index contributed by atoms with van der Waals surface area (Å²) in [6.45, 7) is -0.946. The van der Waals surface area contributed by atoms with Crippen LogP contribution in [0.15, 0.2) is 36.4 Å². The minimum Gasteiger partial charge on any atom is -0.493 e. The van der Waals surface area contributed by atoms with Crippen LogP contribution in [0, 0.1) is 5.82 Å². The molecule has 0 bridgehead atoms. The maximum Gasteiger partial charge on any atom is 0.419 e. The van der Waals surface area contributed by atoms with Crippen LogP contribution in [0.25, 0.3) is 0 Å². The van der Waals surface area contributed by atoms with Gasteiger partial charge in [-0.25, -0.2) is 4.39 Å². The third-order valence-electron chi connectivity index (χ3n) is 5.22. The maximum atomic E-state index is 13.6. The van der Waals surface area contributed by atoms with Crippen molar-refractivity contribution in [3.63, 3.8) is 0 Å². The maximum absolute atomic E-state index is 13.6. The Morgan fingerprint density at radius 3 is 2.11 bits per heavy atom. The van der Waals surface area contributed by atoms with Crippen molar-refractivity contribution >= 4 is 8.69 Å². The second-order valence-corrected chi connectivity index (χ2v) is 8.55. The number of rotatable bonds is 12. The Balaban J connectivity index is 2.04. The van der Waals surface area contributed by atoms with Gasteiger partial charge in [-0.2, -0.15) is 26.3 Å². The highest BCUT2D eigenvalue weighted by Gasteiger charge is 2.35. The first-order chi connectivity index (χ1) is 16.3. The Kier molecular flexibility index (Phi) is 10.1. The van der Waals surface area contributed by atoms with Gasteiger partial charge >= 0.3 is 12.4 Å². The van der Waals surface area contributed by atoms with Crippen molar-refractivity contribution in [1.29, 1.82) is 0 Å². The van der Waals surface area contributed by atoms with Crippen molar-refractivity contribution in [3.05, 3.63) is 64.5 Å². The molecule has 0 fully saturated rings. The molecule has 5 nitrogen and oxygen atoms in total. The molecule has 13 heteroatoms. The molecule has 0 saturated heterocycles. The molecule has 0 heterocycles. The van der Waals surface area contributed by atoms with E-state index in [9.17, 15) is 40.4 Å². The summed E-state index contributed by atoms with van der Waals surface area (Å²) in [5, 5.41) is 9.42.